The summed E-state index contributed by atoms with van der Waals surface area (Å²) in [5, 5.41) is 44.1. The quantitative estimate of drug-likeness (QED) is 0.0215. The van der Waals surface area contributed by atoms with Crippen LogP contribution in [0.25, 0.3) is 5.52 Å². The minimum atomic E-state index is -4.86. The molecule has 0 amide bonds. The minimum Gasteiger partial charge on any atom is -0.419 e. The molecular formula is C40H58FN6O9P. The Morgan fingerprint density at radius 2 is 1.60 bits per heavy atom. The fourth-order valence-corrected chi connectivity index (χ4v) is 6.82. The second kappa shape index (κ2) is 26.9. The maximum absolute atomic E-state index is 14.0. The number of benzene rings is 1. The maximum atomic E-state index is 14.0. The molecule has 3 aromatic rings. The van der Waals surface area contributed by atoms with Gasteiger partial charge in [-0.15, -0.1) is 0 Å². The standard InChI is InChI=1S/C40H58FN6O9P/c1-2-3-4-5-6-7-8-9-10-11-12-13-14-15-16-17-20-52-26-34(53-25-32-21-31(24-42)22-33(41)23-32)27-55-57(50,51)56-28-37(54-29-43)39(49)38(48)35-18-19-36-40(44)45-30-46-47(35)36/h9-10,18-19,21-23,30,34,37-39,48-49H,2-8,11-17,20,25-28H2,1H3,(H,50,51)(H2,44,45,46)/b10-9+/t34-,37-,38+,39-/m1/s1. The van der Waals surface area contributed by atoms with E-state index in [1.165, 1.54) is 92.8 Å². The van der Waals surface area contributed by atoms with Gasteiger partial charge < -0.3 is 35.1 Å². The molecule has 0 saturated carbocycles. The Morgan fingerprint density at radius 3 is 2.28 bits per heavy atom. The Bertz CT molecular complexity index is 1770. The zero-order valence-corrected chi connectivity index (χ0v) is 33.7. The summed E-state index contributed by atoms with van der Waals surface area (Å²) in [4.78, 5) is 14.3. The Hall–Kier alpha value is -3.96. The molecular weight excluding hydrogens is 758 g/mol. The van der Waals surface area contributed by atoms with Crippen LogP contribution in [0.2, 0.25) is 0 Å². The van der Waals surface area contributed by atoms with Gasteiger partial charge in [-0.1, -0.05) is 76.9 Å². The van der Waals surface area contributed by atoms with Gasteiger partial charge in [0, 0.05) is 6.61 Å². The fraction of sp³-hybridized carbons (Fsp3) is 0.600. The van der Waals surface area contributed by atoms with E-state index in [9.17, 15) is 29.3 Å². The van der Waals surface area contributed by atoms with Crippen molar-refractivity contribution < 1.29 is 47.3 Å². The molecule has 0 spiro atoms. The predicted molar refractivity (Wildman–Crippen MR) is 211 cm³/mol. The average molecular weight is 817 g/mol. The van der Waals surface area contributed by atoms with Crippen LogP contribution in [0.4, 0.5) is 10.2 Å². The second-order valence-electron chi connectivity index (χ2n) is 13.8. The molecule has 1 aromatic carbocycles. The number of allylic oxidation sites excluding steroid dienone is 2. The van der Waals surface area contributed by atoms with Crippen LogP contribution >= 0.6 is 7.82 Å². The molecule has 0 aliphatic rings. The summed E-state index contributed by atoms with van der Waals surface area (Å²) in [6, 6.07) is 8.60. The number of aromatic nitrogens is 3. The third-order valence-electron chi connectivity index (χ3n) is 9.22. The van der Waals surface area contributed by atoms with Crippen molar-refractivity contribution in [2.75, 3.05) is 32.2 Å². The SMILES string of the molecule is CCCCCCCC/C=C/CCCCCCCCOC[C@H](COP(=O)(O)OC[C@@H](OC#N)[C@@H](O)[C@@H](O)c1ccc2c(N)ncnn12)OCc1cc(F)cc(C#N)c1. The van der Waals surface area contributed by atoms with E-state index in [0.717, 1.165) is 44.5 Å². The number of fused-ring (bicyclic) bond motifs is 1. The lowest BCUT2D eigenvalue weighted by Gasteiger charge is -2.25. The Morgan fingerprint density at radius 1 is 0.930 bits per heavy atom. The van der Waals surface area contributed by atoms with E-state index in [1.807, 2.05) is 6.07 Å². The lowest BCUT2D eigenvalue weighted by atomic mass is 10.1. The van der Waals surface area contributed by atoms with Gasteiger partial charge in [0.15, 0.2) is 11.9 Å². The van der Waals surface area contributed by atoms with Crippen molar-refractivity contribution in [3.05, 3.63) is 71.4 Å². The zero-order chi connectivity index (χ0) is 41.3. The van der Waals surface area contributed by atoms with Crippen LogP contribution in [0.15, 0.2) is 48.8 Å². The summed E-state index contributed by atoms with van der Waals surface area (Å²) in [5.41, 5.74) is 6.74. The molecule has 15 nitrogen and oxygen atoms in total. The number of halogens is 1. The number of anilines is 1. The highest BCUT2D eigenvalue weighted by Gasteiger charge is 2.35. The van der Waals surface area contributed by atoms with Crippen LogP contribution in [0.5, 0.6) is 0 Å². The lowest BCUT2D eigenvalue weighted by molar-refractivity contribution is -0.0821. The van der Waals surface area contributed by atoms with Crippen molar-refractivity contribution in [1.82, 2.24) is 14.6 Å². The minimum absolute atomic E-state index is 0.0318. The molecule has 0 bridgehead atoms. The molecule has 2 heterocycles. The van der Waals surface area contributed by atoms with Crippen molar-refractivity contribution in [2.24, 2.45) is 0 Å². The highest BCUT2D eigenvalue weighted by Crippen LogP contribution is 2.44. The Balaban J connectivity index is 1.44. The molecule has 5 atom stereocenters. The van der Waals surface area contributed by atoms with Gasteiger partial charge in [-0.3, -0.25) is 9.05 Å². The molecule has 0 radical (unpaired) electrons. The number of nitrogen functional groups attached to an aromatic ring is 1. The van der Waals surface area contributed by atoms with Crippen LogP contribution in [0.1, 0.15) is 120 Å². The Labute approximate surface area is 334 Å². The van der Waals surface area contributed by atoms with Gasteiger partial charge in [0.05, 0.1) is 43.8 Å². The van der Waals surface area contributed by atoms with E-state index in [2.05, 4.69) is 29.2 Å². The van der Waals surface area contributed by atoms with Gasteiger partial charge >= 0.3 is 7.82 Å². The summed E-state index contributed by atoms with van der Waals surface area (Å²) in [7, 11) is -4.86. The van der Waals surface area contributed by atoms with Gasteiger partial charge in [0.2, 0.25) is 0 Å². The predicted octanol–water partition coefficient (Wildman–Crippen LogP) is 7.36. The lowest BCUT2D eigenvalue weighted by Crippen LogP contribution is -2.37. The first-order chi connectivity index (χ1) is 27.6. The summed E-state index contributed by atoms with van der Waals surface area (Å²) in [5.74, 6) is -0.493. The number of nitriles is 2. The smallest absolute Gasteiger partial charge is 0.419 e. The van der Waals surface area contributed by atoms with Crippen LogP contribution in [-0.4, -0.2) is 74.4 Å². The third kappa shape index (κ3) is 18.0. The number of ether oxygens (including phenoxy) is 3. The first-order valence-electron chi connectivity index (χ1n) is 19.7. The molecule has 0 saturated heterocycles. The first-order valence-corrected chi connectivity index (χ1v) is 21.2. The zero-order valence-electron chi connectivity index (χ0n) is 32.8. The highest BCUT2D eigenvalue weighted by molar-refractivity contribution is 7.47. The van der Waals surface area contributed by atoms with Gasteiger partial charge in [-0.25, -0.2) is 18.5 Å². The van der Waals surface area contributed by atoms with E-state index in [0.29, 0.717) is 17.7 Å². The van der Waals surface area contributed by atoms with Crippen molar-refractivity contribution in [1.29, 1.82) is 10.5 Å². The summed E-state index contributed by atoms with van der Waals surface area (Å²) in [6.07, 6.45) is 17.7. The highest BCUT2D eigenvalue weighted by atomic mass is 31.2. The first kappa shape index (κ1) is 47.4. The van der Waals surface area contributed by atoms with Crippen molar-refractivity contribution in [2.45, 2.75) is 128 Å². The maximum Gasteiger partial charge on any atom is 0.472 e. The fourth-order valence-electron chi connectivity index (χ4n) is 6.05. The van der Waals surface area contributed by atoms with Crippen LogP contribution in [0, 0.1) is 28.7 Å². The van der Waals surface area contributed by atoms with Gasteiger partial charge in [-0.2, -0.15) is 15.6 Å². The summed E-state index contributed by atoms with van der Waals surface area (Å²) in [6.45, 7) is 1.14. The van der Waals surface area contributed by atoms with Gasteiger partial charge in [0.1, 0.15) is 36.0 Å². The molecule has 0 aliphatic carbocycles. The van der Waals surface area contributed by atoms with E-state index in [4.69, 9.17) is 34.3 Å². The van der Waals surface area contributed by atoms with Crippen molar-refractivity contribution in [3.8, 4) is 12.3 Å². The third-order valence-corrected chi connectivity index (χ3v) is 10.2. The number of unbranched alkanes of at least 4 members (excludes halogenated alkanes) is 12. The molecule has 5 N–H and O–H groups in total. The summed E-state index contributed by atoms with van der Waals surface area (Å²) >= 11 is 0. The van der Waals surface area contributed by atoms with E-state index in [-0.39, 0.29) is 30.3 Å². The number of aliphatic hydroxyl groups excluding tert-OH is 2. The average Bonchev–Trinajstić information content (AvgIpc) is 3.64. The number of nitrogens with two attached hydrogens (primary N) is 1. The van der Waals surface area contributed by atoms with E-state index < -0.39 is 51.3 Å². The number of phosphoric ester groups is 1. The Kier molecular flexibility index (Phi) is 22.3. The van der Waals surface area contributed by atoms with E-state index >= 15 is 0 Å². The molecule has 0 aliphatic heterocycles. The molecule has 0 fully saturated rings. The topological polar surface area (TPSA) is 228 Å². The largest absolute Gasteiger partial charge is 0.472 e. The van der Waals surface area contributed by atoms with Crippen LogP contribution in [0.3, 0.4) is 0 Å². The van der Waals surface area contributed by atoms with Gasteiger partial charge in [0.25, 0.3) is 6.26 Å². The molecule has 3 rings (SSSR count). The van der Waals surface area contributed by atoms with Crippen molar-refractivity contribution >= 4 is 19.2 Å². The normalized spacial score (nSPS) is 14.9. The molecule has 57 heavy (non-hydrogen) atoms. The van der Waals surface area contributed by atoms with Crippen LogP contribution in [-0.2, 0) is 34.4 Å². The summed E-state index contributed by atoms with van der Waals surface area (Å²) < 4.78 is 54.9. The number of hydrogen-bond acceptors (Lipinski definition) is 13. The molecule has 1 unspecified atom stereocenters. The van der Waals surface area contributed by atoms with E-state index in [1.54, 1.807) is 0 Å². The van der Waals surface area contributed by atoms with Gasteiger partial charge in [-0.05, 0) is 68.0 Å². The monoisotopic (exact) mass is 816 g/mol. The molecule has 2 aromatic heterocycles. The molecule has 17 heteroatoms. The number of nitrogens with zero attached hydrogens (tertiary/aromatic N) is 5. The molecule has 314 valence electrons. The second-order valence-corrected chi connectivity index (χ2v) is 15.3. The number of aliphatic hydroxyl groups is 2. The number of rotatable bonds is 31. The van der Waals surface area contributed by atoms with Crippen molar-refractivity contribution in [3.63, 3.8) is 0 Å². The number of hydrogen-bond donors (Lipinski definition) is 4. The number of phosphoric acid groups is 1. The van der Waals surface area contributed by atoms with Crippen LogP contribution < -0.4 is 5.73 Å².